The molecule has 2 aliphatic heterocycles. The Kier molecular flexibility index (Phi) is 4.53. The molecule has 7 nitrogen and oxygen atoms in total. The molecule has 0 unspecified atom stereocenters. The lowest BCUT2D eigenvalue weighted by Gasteiger charge is -2.30. The smallest absolute Gasteiger partial charge is 0.407 e. The molecule has 2 saturated heterocycles. The molecule has 0 saturated carbocycles. The molecule has 1 aromatic heterocycles. The Labute approximate surface area is 151 Å². The summed E-state index contributed by atoms with van der Waals surface area (Å²) in [7, 11) is 0. The topological polar surface area (TPSA) is 78.7 Å². The Morgan fingerprint density at radius 1 is 1.12 bits per heavy atom. The summed E-state index contributed by atoms with van der Waals surface area (Å²) in [6.07, 6.45) is 2.98. The number of para-hydroxylation sites is 1. The van der Waals surface area contributed by atoms with Crippen molar-refractivity contribution in [1.82, 2.24) is 14.5 Å². The maximum atomic E-state index is 12.8. The molecule has 1 amide bonds. The van der Waals surface area contributed by atoms with E-state index in [1.54, 1.807) is 4.57 Å². The highest BCUT2D eigenvalue weighted by Crippen LogP contribution is 2.27. The van der Waals surface area contributed by atoms with Crippen LogP contribution in [-0.2, 0) is 6.54 Å². The van der Waals surface area contributed by atoms with E-state index in [0.29, 0.717) is 25.6 Å². The van der Waals surface area contributed by atoms with E-state index in [9.17, 15) is 9.59 Å². The zero-order chi connectivity index (χ0) is 18.1. The number of aromatic nitrogens is 2. The van der Waals surface area contributed by atoms with E-state index in [4.69, 9.17) is 5.11 Å². The van der Waals surface area contributed by atoms with Crippen molar-refractivity contribution in [1.29, 1.82) is 0 Å². The molecule has 138 valence electrons. The van der Waals surface area contributed by atoms with Crippen LogP contribution < -0.4 is 10.6 Å². The van der Waals surface area contributed by atoms with Crippen LogP contribution in [0.25, 0.3) is 10.9 Å². The number of fused-ring (bicyclic) bond motifs is 1. The van der Waals surface area contributed by atoms with Crippen molar-refractivity contribution in [3.05, 3.63) is 34.7 Å². The number of piperidine rings is 1. The van der Waals surface area contributed by atoms with Gasteiger partial charge in [-0.15, -0.1) is 0 Å². The largest absolute Gasteiger partial charge is 0.465 e. The molecule has 2 aromatic rings. The van der Waals surface area contributed by atoms with Crippen LogP contribution in [0.4, 0.5) is 10.6 Å². The second kappa shape index (κ2) is 6.97. The van der Waals surface area contributed by atoms with E-state index >= 15 is 0 Å². The van der Waals surface area contributed by atoms with E-state index < -0.39 is 6.09 Å². The second-order valence-electron chi connectivity index (χ2n) is 7.25. The van der Waals surface area contributed by atoms with Crippen molar-refractivity contribution >= 4 is 22.8 Å². The molecule has 26 heavy (non-hydrogen) atoms. The van der Waals surface area contributed by atoms with E-state index in [2.05, 4.69) is 9.88 Å². The van der Waals surface area contributed by atoms with Gasteiger partial charge in [0.1, 0.15) is 5.82 Å². The Bertz CT molecular complexity index is 865. The Balaban J connectivity index is 1.64. The van der Waals surface area contributed by atoms with Crippen LogP contribution >= 0.6 is 0 Å². The Morgan fingerprint density at radius 3 is 2.50 bits per heavy atom. The number of anilines is 1. The molecule has 0 bridgehead atoms. The first-order chi connectivity index (χ1) is 12.6. The third-order valence-electron chi connectivity index (χ3n) is 5.60. The maximum Gasteiger partial charge on any atom is 0.407 e. The first kappa shape index (κ1) is 16.9. The highest BCUT2D eigenvalue weighted by atomic mass is 16.4. The van der Waals surface area contributed by atoms with Crippen LogP contribution in [-0.4, -0.2) is 51.8 Å². The van der Waals surface area contributed by atoms with Gasteiger partial charge in [-0.1, -0.05) is 12.1 Å². The quantitative estimate of drug-likeness (QED) is 0.913. The van der Waals surface area contributed by atoms with Gasteiger partial charge in [0.25, 0.3) is 0 Å². The Morgan fingerprint density at radius 2 is 1.81 bits per heavy atom. The van der Waals surface area contributed by atoms with E-state index in [-0.39, 0.29) is 5.69 Å². The molecule has 3 heterocycles. The van der Waals surface area contributed by atoms with Gasteiger partial charge < -0.3 is 14.9 Å². The molecule has 1 N–H and O–H groups in total. The van der Waals surface area contributed by atoms with Gasteiger partial charge in [0.15, 0.2) is 0 Å². The first-order valence-electron chi connectivity index (χ1n) is 9.36. The van der Waals surface area contributed by atoms with Crippen molar-refractivity contribution < 1.29 is 9.90 Å². The van der Waals surface area contributed by atoms with Gasteiger partial charge in [-0.05, 0) is 43.7 Å². The van der Waals surface area contributed by atoms with Gasteiger partial charge in [-0.3, -0.25) is 4.57 Å². The number of hydrogen-bond acceptors (Lipinski definition) is 4. The predicted octanol–water partition coefficient (Wildman–Crippen LogP) is 2.39. The fourth-order valence-corrected chi connectivity index (χ4v) is 4.12. The third-order valence-corrected chi connectivity index (χ3v) is 5.60. The SMILES string of the molecule is O=C(O)N1CCC(Cn2c(=O)nc(N3CCCC3)c3ccccc32)CC1. The standard InChI is InChI=1S/C19H24N4O3/c24-18-20-17(21-9-3-4-10-21)15-5-1-2-6-16(15)23(18)13-14-7-11-22(12-8-14)19(25)26/h1-2,5-6,14H,3-4,7-13H2,(H,25,26). The summed E-state index contributed by atoms with van der Waals surface area (Å²) in [5.41, 5.74) is 0.723. The maximum absolute atomic E-state index is 12.8. The van der Waals surface area contributed by atoms with Crippen molar-refractivity contribution in [2.75, 3.05) is 31.1 Å². The summed E-state index contributed by atoms with van der Waals surface area (Å²) in [6.45, 7) is 3.57. The van der Waals surface area contributed by atoms with Crippen LogP contribution in [0.2, 0.25) is 0 Å². The summed E-state index contributed by atoms with van der Waals surface area (Å²) in [4.78, 5) is 31.9. The van der Waals surface area contributed by atoms with Gasteiger partial charge in [0.2, 0.25) is 0 Å². The van der Waals surface area contributed by atoms with Crippen molar-refractivity contribution in [3.8, 4) is 0 Å². The monoisotopic (exact) mass is 356 g/mol. The molecule has 2 fully saturated rings. The lowest BCUT2D eigenvalue weighted by molar-refractivity contribution is 0.121. The van der Waals surface area contributed by atoms with Crippen molar-refractivity contribution in [2.24, 2.45) is 5.92 Å². The van der Waals surface area contributed by atoms with E-state index in [1.165, 1.54) is 4.90 Å². The highest BCUT2D eigenvalue weighted by molar-refractivity contribution is 5.89. The molecule has 7 heteroatoms. The van der Waals surface area contributed by atoms with E-state index in [1.807, 2.05) is 24.3 Å². The molecule has 0 spiro atoms. The number of rotatable bonds is 3. The summed E-state index contributed by atoms with van der Waals surface area (Å²) in [5.74, 6) is 1.10. The number of nitrogens with zero attached hydrogens (tertiary/aromatic N) is 4. The van der Waals surface area contributed by atoms with Crippen LogP contribution in [0.3, 0.4) is 0 Å². The minimum atomic E-state index is -0.859. The lowest BCUT2D eigenvalue weighted by Crippen LogP contribution is -2.39. The number of hydrogen-bond donors (Lipinski definition) is 1. The molecule has 0 atom stereocenters. The fraction of sp³-hybridized carbons (Fsp3) is 0.526. The minimum Gasteiger partial charge on any atom is -0.465 e. The van der Waals surface area contributed by atoms with Crippen LogP contribution in [0.15, 0.2) is 29.1 Å². The number of carbonyl (C=O) groups is 1. The molecular weight excluding hydrogens is 332 g/mol. The number of benzene rings is 1. The van der Waals surface area contributed by atoms with Gasteiger partial charge >= 0.3 is 11.8 Å². The first-order valence-corrected chi connectivity index (χ1v) is 9.36. The molecule has 4 rings (SSSR count). The normalized spacial score (nSPS) is 18.6. The zero-order valence-electron chi connectivity index (χ0n) is 14.8. The predicted molar refractivity (Wildman–Crippen MR) is 99.8 cm³/mol. The molecule has 0 radical (unpaired) electrons. The summed E-state index contributed by atoms with van der Waals surface area (Å²) >= 11 is 0. The average Bonchev–Trinajstić information content (AvgIpc) is 3.19. The molecule has 1 aromatic carbocycles. The van der Waals surface area contributed by atoms with Gasteiger partial charge in [-0.25, -0.2) is 9.59 Å². The van der Waals surface area contributed by atoms with Crippen LogP contribution in [0.5, 0.6) is 0 Å². The number of likely N-dealkylation sites (tertiary alicyclic amines) is 1. The molecule has 0 aliphatic carbocycles. The van der Waals surface area contributed by atoms with Gasteiger partial charge in [0.05, 0.1) is 5.52 Å². The van der Waals surface area contributed by atoms with Gasteiger partial charge in [0, 0.05) is 38.1 Å². The zero-order valence-corrected chi connectivity index (χ0v) is 14.8. The summed E-state index contributed by atoms with van der Waals surface area (Å²) in [6, 6.07) is 7.98. The average molecular weight is 356 g/mol. The Hall–Kier alpha value is -2.57. The van der Waals surface area contributed by atoms with Crippen LogP contribution in [0, 0.1) is 5.92 Å². The highest BCUT2D eigenvalue weighted by Gasteiger charge is 2.24. The summed E-state index contributed by atoms with van der Waals surface area (Å²) < 4.78 is 1.77. The summed E-state index contributed by atoms with van der Waals surface area (Å²) in [5, 5.41) is 10.1. The minimum absolute atomic E-state index is 0.203. The third kappa shape index (κ3) is 3.13. The van der Waals surface area contributed by atoms with Crippen molar-refractivity contribution in [3.63, 3.8) is 0 Å². The van der Waals surface area contributed by atoms with Crippen LogP contribution in [0.1, 0.15) is 25.7 Å². The van der Waals surface area contributed by atoms with Gasteiger partial charge in [-0.2, -0.15) is 4.98 Å². The second-order valence-corrected chi connectivity index (χ2v) is 7.25. The molecular formula is C19H24N4O3. The number of carboxylic acid groups (broad SMARTS) is 1. The number of amides is 1. The molecule has 2 aliphatic rings. The van der Waals surface area contributed by atoms with E-state index in [0.717, 1.165) is 55.5 Å². The fourth-order valence-electron chi connectivity index (χ4n) is 4.12. The van der Waals surface area contributed by atoms with Crippen molar-refractivity contribution in [2.45, 2.75) is 32.2 Å². The lowest BCUT2D eigenvalue weighted by atomic mass is 9.97.